The van der Waals surface area contributed by atoms with Crippen LogP contribution in [0.3, 0.4) is 0 Å². The zero-order valence-corrected chi connectivity index (χ0v) is 18.4. The number of hydrogen-bond acceptors (Lipinski definition) is 5. The highest BCUT2D eigenvalue weighted by atomic mass is 19.1. The maximum atomic E-state index is 13.2. The van der Waals surface area contributed by atoms with E-state index in [1.807, 2.05) is 31.4 Å². The Morgan fingerprint density at radius 2 is 1.75 bits per heavy atom. The molecule has 1 aliphatic rings. The van der Waals surface area contributed by atoms with Crippen LogP contribution in [-0.2, 0) is 4.74 Å². The molecule has 0 spiro atoms. The summed E-state index contributed by atoms with van der Waals surface area (Å²) in [4.78, 5) is 30.3. The number of fused-ring (bicyclic) bond motifs is 1. The Hall–Kier alpha value is -3.42. The van der Waals surface area contributed by atoms with Gasteiger partial charge in [0.05, 0.1) is 11.0 Å². The Bertz CT molecular complexity index is 1130. The molecule has 1 amide bonds. The van der Waals surface area contributed by atoms with Crippen LogP contribution in [0.1, 0.15) is 50.3 Å². The number of hydrogen-bond donors (Lipinski definition) is 0. The summed E-state index contributed by atoms with van der Waals surface area (Å²) >= 11 is 0. The Morgan fingerprint density at radius 1 is 1.09 bits per heavy atom. The van der Waals surface area contributed by atoms with Crippen LogP contribution in [0.4, 0.5) is 9.18 Å². The van der Waals surface area contributed by atoms with Gasteiger partial charge in [-0.05, 0) is 70.0 Å². The van der Waals surface area contributed by atoms with Gasteiger partial charge in [-0.25, -0.2) is 14.2 Å². The second-order valence-corrected chi connectivity index (χ2v) is 8.86. The van der Waals surface area contributed by atoms with E-state index in [1.54, 1.807) is 29.2 Å². The highest BCUT2D eigenvalue weighted by molar-refractivity contribution is 5.84. The van der Waals surface area contributed by atoms with Crippen molar-refractivity contribution >= 4 is 23.4 Å². The van der Waals surface area contributed by atoms with Gasteiger partial charge in [0.15, 0.2) is 12.1 Å². The van der Waals surface area contributed by atoms with Crippen molar-refractivity contribution in [3.63, 3.8) is 0 Å². The van der Waals surface area contributed by atoms with Gasteiger partial charge in [0.1, 0.15) is 22.9 Å². The maximum absolute atomic E-state index is 13.2. The lowest BCUT2D eigenvalue weighted by Gasteiger charge is -2.34. The molecule has 0 aliphatic carbocycles. The molecule has 4 rings (SSSR count). The molecule has 0 atom stereocenters. The van der Waals surface area contributed by atoms with Crippen molar-refractivity contribution in [2.75, 3.05) is 13.1 Å². The number of nitrogens with zero attached hydrogens (tertiary/aromatic N) is 3. The van der Waals surface area contributed by atoms with E-state index in [2.05, 4.69) is 4.98 Å². The van der Waals surface area contributed by atoms with Crippen LogP contribution in [-0.4, -0.2) is 45.5 Å². The van der Waals surface area contributed by atoms with Crippen LogP contribution in [0, 0.1) is 5.82 Å². The first kappa shape index (κ1) is 21.8. The molecular weight excluding hydrogens is 413 g/mol. The van der Waals surface area contributed by atoms with Crippen molar-refractivity contribution in [3.05, 3.63) is 54.1 Å². The van der Waals surface area contributed by atoms with Gasteiger partial charge in [0.2, 0.25) is 0 Å². The standard InChI is InChI=1S/C24H26FN3O4/c1-24(2,3)32-23(30)27-12-10-17(11-13-27)28-21-14-19(8-9-20(21)26-22(28)15-29)31-18-6-4-16(25)5-7-18/h4-9,14-15,17H,10-13H2,1-3H3. The third-order valence-corrected chi connectivity index (χ3v) is 5.32. The van der Waals surface area contributed by atoms with Crippen molar-refractivity contribution in [2.24, 2.45) is 0 Å². The minimum atomic E-state index is -0.542. The molecule has 1 aromatic heterocycles. The second-order valence-electron chi connectivity index (χ2n) is 8.86. The summed E-state index contributed by atoms with van der Waals surface area (Å²) < 4.78 is 26.4. The Labute approximate surface area is 185 Å². The third kappa shape index (κ3) is 4.74. The number of rotatable bonds is 4. The largest absolute Gasteiger partial charge is 0.457 e. The van der Waals surface area contributed by atoms with E-state index in [0.29, 0.717) is 48.8 Å². The van der Waals surface area contributed by atoms with Crippen molar-refractivity contribution < 1.29 is 23.5 Å². The van der Waals surface area contributed by atoms with Crippen molar-refractivity contribution in [1.82, 2.24) is 14.5 Å². The van der Waals surface area contributed by atoms with Gasteiger partial charge in [-0.3, -0.25) is 4.79 Å². The number of carbonyl (C=O) groups is 2. The summed E-state index contributed by atoms with van der Waals surface area (Å²) in [5, 5.41) is 0. The Balaban J connectivity index is 1.56. The van der Waals surface area contributed by atoms with Gasteiger partial charge in [-0.15, -0.1) is 0 Å². The summed E-state index contributed by atoms with van der Waals surface area (Å²) in [6.45, 7) is 6.60. The number of benzene rings is 2. The van der Waals surface area contributed by atoms with Gasteiger partial charge in [0, 0.05) is 25.2 Å². The first-order valence-corrected chi connectivity index (χ1v) is 10.6. The van der Waals surface area contributed by atoms with Crippen LogP contribution >= 0.6 is 0 Å². The number of piperidine rings is 1. The predicted molar refractivity (Wildman–Crippen MR) is 118 cm³/mol. The highest BCUT2D eigenvalue weighted by Crippen LogP contribution is 2.32. The van der Waals surface area contributed by atoms with E-state index in [4.69, 9.17) is 9.47 Å². The normalized spacial score (nSPS) is 15.1. The molecular formula is C24H26FN3O4. The quantitative estimate of drug-likeness (QED) is 0.512. The zero-order chi connectivity index (χ0) is 22.9. The number of imidazole rings is 1. The average molecular weight is 439 g/mol. The monoisotopic (exact) mass is 439 g/mol. The number of ether oxygens (including phenoxy) is 2. The molecule has 1 aliphatic heterocycles. The molecule has 7 nitrogen and oxygen atoms in total. The van der Waals surface area contributed by atoms with Crippen LogP contribution in [0.25, 0.3) is 11.0 Å². The Kier molecular flexibility index (Phi) is 5.86. The number of aromatic nitrogens is 2. The lowest BCUT2D eigenvalue weighted by molar-refractivity contribution is 0.0189. The lowest BCUT2D eigenvalue weighted by Crippen LogP contribution is -2.42. The number of carbonyl (C=O) groups excluding carboxylic acids is 2. The smallest absolute Gasteiger partial charge is 0.410 e. The van der Waals surface area contributed by atoms with Gasteiger partial charge in [-0.1, -0.05) is 0 Å². The number of halogens is 1. The van der Waals surface area contributed by atoms with Crippen molar-refractivity contribution in [1.29, 1.82) is 0 Å². The molecule has 1 fully saturated rings. The van der Waals surface area contributed by atoms with E-state index < -0.39 is 5.60 Å². The molecule has 32 heavy (non-hydrogen) atoms. The minimum absolute atomic E-state index is 0.0138. The molecule has 1 saturated heterocycles. The van der Waals surface area contributed by atoms with Crippen LogP contribution in [0.2, 0.25) is 0 Å². The first-order valence-electron chi connectivity index (χ1n) is 10.6. The molecule has 0 saturated carbocycles. The molecule has 0 unspecified atom stereocenters. The summed E-state index contributed by atoms with van der Waals surface area (Å²) in [5.41, 5.74) is 0.927. The first-order chi connectivity index (χ1) is 15.2. The predicted octanol–water partition coefficient (Wildman–Crippen LogP) is 5.35. The summed E-state index contributed by atoms with van der Waals surface area (Å²) in [5.74, 6) is 1.08. The summed E-state index contributed by atoms with van der Waals surface area (Å²) in [6.07, 6.45) is 1.78. The van der Waals surface area contributed by atoms with E-state index >= 15 is 0 Å². The van der Waals surface area contributed by atoms with Gasteiger partial charge >= 0.3 is 6.09 Å². The van der Waals surface area contributed by atoms with E-state index in [9.17, 15) is 14.0 Å². The van der Waals surface area contributed by atoms with Crippen molar-refractivity contribution in [3.8, 4) is 11.5 Å². The fourth-order valence-electron chi connectivity index (χ4n) is 3.89. The second kappa shape index (κ2) is 8.61. The number of likely N-dealkylation sites (tertiary alicyclic amines) is 1. The fraction of sp³-hybridized carbons (Fsp3) is 0.375. The average Bonchev–Trinajstić information content (AvgIpc) is 3.12. The summed E-state index contributed by atoms with van der Waals surface area (Å²) in [7, 11) is 0. The van der Waals surface area contributed by atoms with Crippen LogP contribution in [0.5, 0.6) is 11.5 Å². The van der Waals surface area contributed by atoms with E-state index in [0.717, 1.165) is 11.8 Å². The SMILES string of the molecule is CC(C)(C)OC(=O)N1CCC(n2c(C=O)nc3ccc(Oc4ccc(F)cc4)cc32)CC1. The number of aldehydes is 1. The molecule has 3 aromatic rings. The molecule has 168 valence electrons. The van der Waals surface area contributed by atoms with E-state index in [1.165, 1.54) is 12.1 Å². The summed E-state index contributed by atoms with van der Waals surface area (Å²) in [6, 6.07) is 11.2. The lowest BCUT2D eigenvalue weighted by atomic mass is 10.0. The van der Waals surface area contributed by atoms with Gasteiger partial charge in [-0.2, -0.15) is 0 Å². The van der Waals surface area contributed by atoms with Gasteiger partial charge in [0.25, 0.3) is 0 Å². The maximum Gasteiger partial charge on any atom is 0.410 e. The molecule has 0 radical (unpaired) electrons. The zero-order valence-electron chi connectivity index (χ0n) is 18.4. The molecule has 0 bridgehead atoms. The number of amides is 1. The van der Waals surface area contributed by atoms with Crippen molar-refractivity contribution in [2.45, 2.75) is 45.3 Å². The topological polar surface area (TPSA) is 73.7 Å². The van der Waals surface area contributed by atoms with Crippen LogP contribution in [0.15, 0.2) is 42.5 Å². The van der Waals surface area contributed by atoms with E-state index in [-0.39, 0.29) is 18.0 Å². The molecule has 0 N–H and O–H groups in total. The Morgan fingerprint density at radius 3 is 2.38 bits per heavy atom. The van der Waals surface area contributed by atoms with Gasteiger partial charge < -0.3 is 18.9 Å². The fourth-order valence-corrected chi connectivity index (χ4v) is 3.89. The highest BCUT2D eigenvalue weighted by Gasteiger charge is 2.29. The molecule has 8 heteroatoms. The molecule has 2 aromatic carbocycles. The third-order valence-electron chi connectivity index (χ3n) is 5.32. The minimum Gasteiger partial charge on any atom is -0.457 e. The molecule has 2 heterocycles. The van der Waals surface area contributed by atoms with Crippen LogP contribution < -0.4 is 4.74 Å².